The van der Waals surface area contributed by atoms with Crippen molar-refractivity contribution in [3.05, 3.63) is 65.7 Å². The van der Waals surface area contributed by atoms with Gasteiger partial charge >= 0.3 is 0 Å². The molecule has 2 aliphatic heterocycles. The van der Waals surface area contributed by atoms with Crippen LogP contribution in [0, 0.1) is 0 Å². The van der Waals surface area contributed by atoms with Gasteiger partial charge in [-0.1, -0.05) is 55.7 Å². The minimum atomic E-state index is 0.323. The van der Waals surface area contributed by atoms with Gasteiger partial charge in [-0.25, -0.2) is 0 Å². The molecule has 1 spiro atoms. The number of hydrogen-bond acceptors (Lipinski definition) is 2. The minimum absolute atomic E-state index is 0.323. The van der Waals surface area contributed by atoms with Crippen molar-refractivity contribution < 1.29 is 9.64 Å². The number of nitrogens with zero attached hydrogens (tertiary/aromatic N) is 1. The fourth-order valence-corrected chi connectivity index (χ4v) is 5.93. The lowest BCUT2D eigenvalue weighted by molar-refractivity contribution is -0.829. The zero-order valence-corrected chi connectivity index (χ0v) is 17.6. The molecule has 0 aromatic heterocycles. The van der Waals surface area contributed by atoms with E-state index in [4.69, 9.17) is 4.74 Å². The number of rotatable bonds is 3. The maximum Gasteiger partial charge on any atom is 0.135 e. The number of para-hydroxylation sites is 1. The molecule has 1 N–H and O–H groups in total. The molecule has 2 atom stereocenters. The van der Waals surface area contributed by atoms with Crippen molar-refractivity contribution in [1.29, 1.82) is 0 Å². The van der Waals surface area contributed by atoms with Gasteiger partial charge < -0.3 is 9.64 Å². The molecule has 2 heterocycles. The first kappa shape index (κ1) is 18.9. The Morgan fingerprint density at radius 3 is 2.45 bits per heavy atom. The van der Waals surface area contributed by atoms with Crippen molar-refractivity contribution in [2.45, 2.75) is 43.6 Å². The molecule has 2 aromatic carbocycles. The Hall–Kier alpha value is -2.10. The first-order chi connectivity index (χ1) is 14.3. The molecule has 3 heteroatoms. The summed E-state index contributed by atoms with van der Waals surface area (Å²) in [5.41, 5.74) is 6.05. The van der Waals surface area contributed by atoms with Crippen LogP contribution in [-0.2, 0) is 10.2 Å². The topological polar surface area (TPSA) is 16.9 Å². The molecule has 1 aliphatic carbocycles. The van der Waals surface area contributed by atoms with Gasteiger partial charge in [-0.15, -0.1) is 0 Å². The standard InChI is InChI=1S/C26H32N2O/c1-27-24-8-4-3-7-23(24)26(15-5-2-6-16-26)25(27)14-11-21-9-12-22(13-10-21)28-17-19-29-20-18-28/h3-4,7-14,25H,2,5-6,15-20H2,1H3/p+1/b14-11+. The van der Waals surface area contributed by atoms with Gasteiger partial charge in [0.2, 0.25) is 0 Å². The Kier molecular flexibility index (Phi) is 5.19. The van der Waals surface area contributed by atoms with Gasteiger partial charge in [0.05, 0.1) is 25.7 Å². The van der Waals surface area contributed by atoms with E-state index in [0.717, 1.165) is 26.3 Å². The number of hydrogen-bond donors (Lipinski definition) is 1. The number of morpholine rings is 1. The van der Waals surface area contributed by atoms with Crippen LogP contribution in [0.25, 0.3) is 6.08 Å². The van der Waals surface area contributed by atoms with Gasteiger partial charge in [-0.3, -0.25) is 4.90 Å². The third kappa shape index (κ3) is 3.41. The Morgan fingerprint density at radius 1 is 0.966 bits per heavy atom. The molecular weight excluding hydrogens is 356 g/mol. The number of nitrogens with one attached hydrogen (secondary N) is 1. The van der Waals surface area contributed by atoms with E-state index in [1.807, 2.05) is 0 Å². The van der Waals surface area contributed by atoms with Crippen LogP contribution in [0.15, 0.2) is 54.6 Å². The minimum Gasteiger partial charge on any atom is -0.378 e. The maximum absolute atomic E-state index is 5.48. The number of anilines is 1. The average molecular weight is 390 g/mol. The van der Waals surface area contributed by atoms with Crippen molar-refractivity contribution in [3.63, 3.8) is 0 Å². The highest BCUT2D eigenvalue weighted by molar-refractivity contribution is 5.58. The van der Waals surface area contributed by atoms with E-state index in [9.17, 15) is 0 Å². The van der Waals surface area contributed by atoms with E-state index in [1.165, 1.54) is 49.0 Å². The van der Waals surface area contributed by atoms with Gasteiger partial charge in [-0.2, -0.15) is 0 Å². The number of likely N-dealkylation sites (N-methyl/N-ethyl adjacent to an activating group) is 1. The van der Waals surface area contributed by atoms with Gasteiger partial charge in [0.1, 0.15) is 11.7 Å². The van der Waals surface area contributed by atoms with E-state index in [-0.39, 0.29) is 0 Å². The lowest BCUT2D eigenvalue weighted by atomic mass is 9.66. The molecule has 1 saturated heterocycles. The summed E-state index contributed by atoms with van der Waals surface area (Å²) in [6.07, 6.45) is 11.6. The normalized spacial score (nSPS) is 26.2. The summed E-state index contributed by atoms with van der Waals surface area (Å²) < 4.78 is 5.48. The van der Waals surface area contributed by atoms with Crippen molar-refractivity contribution in [2.75, 3.05) is 38.3 Å². The van der Waals surface area contributed by atoms with Gasteiger partial charge in [0, 0.05) is 24.3 Å². The monoisotopic (exact) mass is 389 g/mol. The summed E-state index contributed by atoms with van der Waals surface area (Å²) in [4.78, 5) is 3.98. The predicted octanol–water partition coefficient (Wildman–Crippen LogP) is 3.97. The third-order valence-electron chi connectivity index (χ3n) is 7.45. The fraction of sp³-hybridized carbons (Fsp3) is 0.462. The van der Waals surface area contributed by atoms with E-state index < -0.39 is 0 Å². The number of ether oxygens (including phenoxy) is 1. The van der Waals surface area contributed by atoms with Gasteiger partial charge in [-0.05, 0) is 42.7 Å². The number of fused-ring (bicyclic) bond motifs is 2. The van der Waals surface area contributed by atoms with Crippen LogP contribution in [0.2, 0.25) is 0 Å². The van der Waals surface area contributed by atoms with Crippen LogP contribution in [0.1, 0.15) is 43.2 Å². The highest BCUT2D eigenvalue weighted by Gasteiger charge is 2.52. The van der Waals surface area contributed by atoms with Crippen LogP contribution >= 0.6 is 0 Å². The second kappa shape index (κ2) is 7.97. The van der Waals surface area contributed by atoms with E-state index in [2.05, 4.69) is 72.6 Å². The van der Waals surface area contributed by atoms with Crippen LogP contribution in [0.4, 0.5) is 11.4 Å². The van der Waals surface area contributed by atoms with Gasteiger partial charge in [0.15, 0.2) is 0 Å². The quantitative estimate of drug-likeness (QED) is 0.856. The predicted molar refractivity (Wildman–Crippen MR) is 120 cm³/mol. The number of benzene rings is 2. The largest absolute Gasteiger partial charge is 0.378 e. The van der Waals surface area contributed by atoms with Crippen LogP contribution in [-0.4, -0.2) is 39.4 Å². The third-order valence-corrected chi connectivity index (χ3v) is 7.45. The summed E-state index contributed by atoms with van der Waals surface area (Å²) in [7, 11) is 2.36. The Morgan fingerprint density at radius 2 is 1.69 bits per heavy atom. The molecule has 29 heavy (non-hydrogen) atoms. The first-order valence-electron chi connectivity index (χ1n) is 11.3. The molecule has 3 nitrogen and oxygen atoms in total. The fourth-order valence-electron chi connectivity index (χ4n) is 5.93. The smallest absolute Gasteiger partial charge is 0.135 e. The zero-order chi connectivity index (χ0) is 19.7. The Labute approximate surface area is 175 Å². The summed E-state index contributed by atoms with van der Waals surface area (Å²) in [6.45, 7) is 3.65. The molecular formula is C26H33N2O+. The SMILES string of the molecule is C[NH+]1c2ccccc2C2(CCCCC2)C1/C=C/c1ccc(N2CCOCC2)cc1. The molecule has 2 fully saturated rings. The molecule has 152 valence electrons. The highest BCUT2D eigenvalue weighted by Crippen LogP contribution is 2.47. The number of quaternary nitrogens is 1. The van der Waals surface area contributed by atoms with Crippen LogP contribution in [0.5, 0.6) is 0 Å². The Bertz CT molecular complexity index is 861. The molecule has 2 aromatic rings. The summed E-state index contributed by atoms with van der Waals surface area (Å²) >= 11 is 0. The molecule has 0 bridgehead atoms. The average Bonchev–Trinajstić information content (AvgIpc) is 3.01. The first-order valence-corrected chi connectivity index (χ1v) is 11.3. The molecule has 0 amide bonds. The second-order valence-corrected chi connectivity index (χ2v) is 8.97. The molecule has 2 unspecified atom stereocenters. The van der Waals surface area contributed by atoms with Crippen LogP contribution < -0.4 is 9.80 Å². The lowest BCUT2D eigenvalue weighted by Crippen LogP contribution is -3.07. The highest BCUT2D eigenvalue weighted by atomic mass is 16.5. The van der Waals surface area contributed by atoms with Crippen molar-refractivity contribution >= 4 is 17.5 Å². The van der Waals surface area contributed by atoms with Crippen molar-refractivity contribution in [2.24, 2.45) is 0 Å². The van der Waals surface area contributed by atoms with Crippen molar-refractivity contribution in [3.8, 4) is 0 Å². The van der Waals surface area contributed by atoms with Crippen LogP contribution in [0.3, 0.4) is 0 Å². The van der Waals surface area contributed by atoms with E-state index in [0.29, 0.717) is 11.5 Å². The molecule has 5 rings (SSSR count). The molecule has 0 radical (unpaired) electrons. The van der Waals surface area contributed by atoms with Gasteiger partial charge in [0.25, 0.3) is 0 Å². The summed E-state index contributed by atoms with van der Waals surface area (Å²) in [5, 5.41) is 0. The van der Waals surface area contributed by atoms with E-state index >= 15 is 0 Å². The lowest BCUT2D eigenvalue weighted by Gasteiger charge is -2.37. The zero-order valence-electron chi connectivity index (χ0n) is 17.6. The summed E-state index contributed by atoms with van der Waals surface area (Å²) in [5.74, 6) is 0. The second-order valence-electron chi connectivity index (χ2n) is 8.97. The van der Waals surface area contributed by atoms with E-state index in [1.54, 1.807) is 10.5 Å². The maximum atomic E-state index is 5.48. The summed E-state index contributed by atoms with van der Waals surface area (Å²) in [6, 6.07) is 18.8. The molecule has 1 saturated carbocycles. The molecule has 3 aliphatic rings. The van der Waals surface area contributed by atoms with Crippen molar-refractivity contribution in [1.82, 2.24) is 0 Å². The Balaban J connectivity index is 1.39.